The van der Waals surface area contributed by atoms with E-state index in [1.165, 1.54) is 19.2 Å². The highest BCUT2D eigenvalue weighted by Crippen LogP contribution is 2.29. The van der Waals surface area contributed by atoms with Crippen molar-refractivity contribution in [2.75, 3.05) is 25.6 Å². The minimum Gasteiger partial charge on any atom is -0.496 e. The van der Waals surface area contributed by atoms with Gasteiger partial charge in [-0.15, -0.1) is 0 Å². The zero-order chi connectivity index (χ0) is 13.7. The smallest absolute Gasteiger partial charge is 0.222 e. The third-order valence-corrected chi connectivity index (χ3v) is 2.52. The Morgan fingerprint density at radius 3 is 2.68 bits per heavy atom. The molecule has 0 amide bonds. The van der Waals surface area contributed by atoms with Gasteiger partial charge in [-0.05, 0) is 18.2 Å². The number of nitrogens with zero attached hydrogens (tertiary/aromatic N) is 2. The standard InChI is InChI=1S/C13H14FN3O2/c1-19-12-3-2-10(14)6-11(12)9-7-16-13(17-8-9)15-4-5-18/h2-3,6-8,18H,4-5H2,1H3,(H,15,16,17). The minimum absolute atomic E-state index is 0.00281. The first-order chi connectivity index (χ1) is 9.24. The zero-order valence-electron chi connectivity index (χ0n) is 10.4. The molecular formula is C13H14FN3O2. The van der Waals surface area contributed by atoms with Crippen molar-refractivity contribution in [1.82, 2.24) is 9.97 Å². The number of nitrogens with one attached hydrogen (secondary N) is 1. The van der Waals surface area contributed by atoms with Gasteiger partial charge in [0.25, 0.3) is 0 Å². The molecule has 2 aromatic rings. The lowest BCUT2D eigenvalue weighted by Crippen LogP contribution is -2.08. The van der Waals surface area contributed by atoms with Crippen molar-refractivity contribution in [3.05, 3.63) is 36.4 Å². The van der Waals surface area contributed by atoms with Gasteiger partial charge in [0.15, 0.2) is 0 Å². The normalized spacial score (nSPS) is 10.3. The maximum absolute atomic E-state index is 13.3. The van der Waals surface area contributed by atoms with Gasteiger partial charge >= 0.3 is 0 Å². The van der Waals surface area contributed by atoms with Crippen molar-refractivity contribution in [2.45, 2.75) is 0 Å². The molecule has 0 saturated carbocycles. The molecule has 0 aliphatic carbocycles. The average molecular weight is 263 g/mol. The van der Waals surface area contributed by atoms with Crippen molar-refractivity contribution in [2.24, 2.45) is 0 Å². The average Bonchev–Trinajstić information content (AvgIpc) is 2.45. The first-order valence-electron chi connectivity index (χ1n) is 5.75. The summed E-state index contributed by atoms with van der Waals surface area (Å²) in [6, 6.07) is 4.27. The Kier molecular flexibility index (Phi) is 4.25. The molecule has 0 fully saturated rings. The fourth-order valence-corrected chi connectivity index (χ4v) is 1.63. The second-order valence-electron chi connectivity index (χ2n) is 3.79. The van der Waals surface area contributed by atoms with Gasteiger partial charge in [0, 0.05) is 30.1 Å². The van der Waals surface area contributed by atoms with E-state index in [4.69, 9.17) is 9.84 Å². The number of hydrogen-bond donors (Lipinski definition) is 2. The lowest BCUT2D eigenvalue weighted by atomic mass is 10.1. The zero-order valence-corrected chi connectivity index (χ0v) is 10.4. The van der Waals surface area contributed by atoms with Crippen LogP contribution in [0.15, 0.2) is 30.6 Å². The molecule has 2 rings (SSSR count). The molecule has 100 valence electrons. The van der Waals surface area contributed by atoms with Crippen LogP contribution in [0.25, 0.3) is 11.1 Å². The Labute approximate surface area is 110 Å². The lowest BCUT2D eigenvalue weighted by Gasteiger charge is -2.09. The Morgan fingerprint density at radius 1 is 1.32 bits per heavy atom. The molecule has 0 bridgehead atoms. The summed E-state index contributed by atoms with van der Waals surface area (Å²) in [6.45, 7) is 0.380. The number of aliphatic hydroxyl groups is 1. The van der Waals surface area contributed by atoms with Gasteiger partial charge in [-0.2, -0.15) is 0 Å². The van der Waals surface area contributed by atoms with E-state index in [2.05, 4.69) is 15.3 Å². The molecule has 0 unspecified atom stereocenters. The van der Waals surface area contributed by atoms with Crippen LogP contribution in [0.4, 0.5) is 10.3 Å². The largest absolute Gasteiger partial charge is 0.496 e. The summed E-state index contributed by atoms with van der Waals surface area (Å²) < 4.78 is 18.5. The molecule has 1 aromatic carbocycles. The third kappa shape index (κ3) is 3.17. The summed E-state index contributed by atoms with van der Waals surface area (Å²) in [5.74, 6) is 0.618. The van der Waals surface area contributed by atoms with Crippen molar-refractivity contribution in [1.29, 1.82) is 0 Å². The second kappa shape index (κ2) is 6.10. The van der Waals surface area contributed by atoms with Gasteiger partial charge in [-0.3, -0.25) is 0 Å². The topological polar surface area (TPSA) is 67.3 Å². The molecule has 5 nitrogen and oxygen atoms in total. The van der Waals surface area contributed by atoms with Gasteiger partial charge in [0.1, 0.15) is 11.6 Å². The van der Waals surface area contributed by atoms with E-state index in [9.17, 15) is 4.39 Å². The molecule has 19 heavy (non-hydrogen) atoms. The Morgan fingerprint density at radius 2 is 2.05 bits per heavy atom. The molecule has 0 aliphatic rings. The number of aromatic nitrogens is 2. The van der Waals surface area contributed by atoms with E-state index in [0.717, 1.165) is 0 Å². The summed E-state index contributed by atoms with van der Waals surface area (Å²) in [5.41, 5.74) is 1.25. The van der Waals surface area contributed by atoms with Crippen molar-refractivity contribution in [3.8, 4) is 16.9 Å². The van der Waals surface area contributed by atoms with Gasteiger partial charge in [-0.1, -0.05) is 0 Å². The van der Waals surface area contributed by atoms with Gasteiger partial charge in [0.2, 0.25) is 5.95 Å². The molecule has 2 N–H and O–H groups in total. The summed E-state index contributed by atoms with van der Waals surface area (Å²) in [6.07, 6.45) is 3.15. The lowest BCUT2D eigenvalue weighted by molar-refractivity contribution is 0.311. The van der Waals surface area contributed by atoms with Crippen molar-refractivity contribution < 1.29 is 14.2 Å². The molecular weight excluding hydrogens is 249 g/mol. The fraction of sp³-hybridized carbons (Fsp3) is 0.231. The van der Waals surface area contributed by atoms with Crippen LogP contribution in [-0.2, 0) is 0 Å². The van der Waals surface area contributed by atoms with Gasteiger partial charge in [-0.25, -0.2) is 14.4 Å². The van der Waals surface area contributed by atoms with Crippen molar-refractivity contribution in [3.63, 3.8) is 0 Å². The molecule has 1 aromatic heterocycles. The molecule has 0 spiro atoms. The third-order valence-electron chi connectivity index (χ3n) is 2.52. The van der Waals surface area contributed by atoms with Crippen LogP contribution in [0.3, 0.4) is 0 Å². The van der Waals surface area contributed by atoms with Crippen molar-refractivity contribution >= 4 is 5.95 Å². The monoisotopic (exact) mass is 263 g/mol. The Hall–Kier alpha value is -2.21. The number of anilines is 1. The number of ether oxygens (including phenoxy) is 1. The summed E-state index contributed by atoms with van der Waals surface area (Å²) in [7, 11) is 1.52. The van der Waals surface area contributed by atoms with E-state index >= 15 is 0 Å². The Balaban J connectivity index is 2.29. The van der Waals surface area contributed by atoms with Gasteiger partial charge in [0.05, 0.1) is 13.7 Å². The van der Waals surface area contributed by atoms with Crippen LogP contribution in [0, 0.1) is 5.82 Å². The number of hydrogen-bond acceptors (Lipinski definition) is 5. The number of rotatable bonds is 5. The van der Waals surface area contributed by atoms with Crippen LogP contribution in [0.2, 0.25) is 0 Å². The maximum Gasteiger partial charge on any atom is 0.222 e. The number of aliphatic hydroxyl groups excluding tert-OH is 1. The van der Waals surface area contributed by atoms with E-state index in [1.807, 2.05) is 0 Å². The number of halogens is 1. The highest BCUT2D eigenvalue weighted by atomic mass is 19.1. The van der Waals surface area contributed by atoms with E-state index in [0.29, 0.717) is 29.4 Å². The van der Waals surface area contributed by atoms with Crippen LogP contribution in [-0.4, -0.2) is 35.3 Å². The molecule has 0 saturated heterocycles. The quantitative estimate of drug-likeness (QED) is 0.859. The highest BCUT2D eigenvalue weighted by molar-refractivity contribution is 5.69. The summed E-state index contributed by atoms with van der Waals surface area (Å²) in [5, 5.41) is 11.5. The van der Waals surface area contributed by atoms with Gasteiger partial charge < -0.3 is 15.2 Å². The molecule has 0 atom stereocenters. The van der Waals surface area contributed by atoms with Crippen LogP contribution in [0.5, 0.6) is 5.75 Å². The van der Waals surface area contributed by atoms with E-state index < -0.39 is 0 Å². The molecule has 1 heterocycles. The van der Waals surface area contributed by atoms with Crippen LogP contribution >= 0.6 is 0 Å². The molecule has 6 heteroatoms. The Bertz CT molecular complexity index is 546. The first-order valence-corrected chi connectivity index (χ1v) is 5.75. The fourth-order valence-electron chi connectivity index (χ4n) is 1.63. The van der Waals surface area contributed by atoms with E-state index in [1.54, 1.807) is 18.5 Å². The van der Waals surface area contributed by atoms with Crippen LogP contribution in [0.1, 0.15) is 0 Å². The van der Waals surface area contributed by atoms with E-state index in [-0.39, 0.29) is 12.4 Å². The predicted octanol–water partition coefficient (Wildman–Crippen LogP) is 1.70. The summed E-state index contributed by atoms with van der Waals surface area (Å²) in [4.78, 5) is 8.17. The predicted molar refractivity (Wildman–Crippen MR) is 69.6 cm³/mol. The summed E-state index contributed by atoms with van der Waals surface area (Å²) >= 11 is 0. The molecule has 0 aliphatic heterocycles. The molecule has 0 radical (unpaired) electrons. The highest BCUT2D eigenvalue weighted by Gasteiger charge is 2.08. The second-order valence-corrected chi connectivity index (χ2v) is 3.79. The minimum atomic E-state index is -0.349. The maximum atomic E-state index is 13.3. The number of methoxy groups -OCH3 is 1. The first kappa shape index (κ1) is 13.2. The van der Waals surface area contributed by atoms with Crippen LogP contribution < -0.4 is 10.1 Å². The SMILES string of the molecule is COc1ccc(F)cc1-c1cnc(NCCO)nc1. The number of benzene rings is 1.